The van der Waals surface area contributed by atoms with Gasteiger partial charge in [0.25, 0.3) is 5.92 Å². The average Bonchev–Trinajstić information content (AvgIpc) is 2.37. The predicted octanol–water partition coefficient (Wildman–Crippen LogP) is 4.07. The molecule has 0 atom stereocenters. The molecule has 0 spiro atoms. The minimum absolute atomic E-state index is 0.00941. The first-order chi connectivity index (χ1) is 9.53. The van der Waals surface area contributed by atoms with Crippen molar-refractivity contribution in [2.75, 3.05) is 13.1 Å². The second-order valence-corrected chi connectivity index (χ2v) is 6.56. The number of hydrogen-bond acceptors (Lipinski definition) is 2. The van der Waals surface area contributed by atoms with Crippen molar-refractivity contribution in [1.29, 1.82) is 0 Å². The highest BCUT2D eigenvalue weighted by Gasteiger charge is 2.35. The van der Waals surface area contributed by atoms with Crippen molar-refractivity contribution in [2.45, 2.75) is 25.3 Å². The van der Waals surface area contributed by atoms with Crippen LogP contribution in [0.15, 0.2) is 30.5 Å². The molecule has 0 bridgehead atoms. The van der Waals surface area contributed by atoms with Crippen molar-refractivity contribution in [3.8, 4) is 0 Å². The lowest BCUT2D eigenvalue weighted by Crippen LogP contribution is -2.42. The van der Waals surface area contributed by atoms with Gasteiger partial charge < -0.3 is 0 Å². The summed E-state index contributed by atoms with van der Waals surface area (Å²) in [6, 6.07) is 8.03. The smallest absolute Gasteiger partial charge is 0.260 e. The van der Waals surface area contributed by atoms with Gasteiger partial charge in [-0.1, -0.05) is 18.2 Å². The summed E-state index contributed by atoms with van der Waals surface area (Å²) in [7, 11) is 0. The van der Waals surface area contributed by atoms with Gasteiger partial charge in [0.05, 0.1) is 12.1 Å². The van der Waals surface area contributed by atoms with Crippen molar-refractivity contribution >= 4 is 33.5 Å². The van der Waals surface area contributed by atoms with Gasteiger partial charge in [0, 0.05) is 28.1 Å². The highest BCUT2D eigenvalue weighted by molar-refractivity contribution is 14.1. The van der Waals surface area contributed by atoms with E-state index >= 15 is 0 Å². The third kappa shape index (κ3) is 3.09. The third-order valence-corrected chi connectivity index (χ3v) is 4.22. The lowest BCUT2D eigenvalue weighted by Gasteiger charge is -2.32. The zero-order chi connectivity index (χ0) is 14.2. The van der Waals surface area contributed by atoms with Crippen LogP contribution in [0, 0.1) is 3.57 Å². The predicted molar refractivity (Wildman–Crippen MR) is 83.9 cm³/mol. The number of alkyl halides is 2. The number of piperidine rings is 1. The quantitative estimate of drug-likeness (QED) is 0.722. The molecule has 1 aliphatic rings. The van der Waals surface area contributed by atoms with Gasteiger partial charge in [0.1, 0.15) is 0 Å². The van der Waals surface area contributed by atoms with Gasteiger partial charge >= 0.3 is 0 Å². The van der Waals surface area contributed by atoms with E-state index in [1.807, 2.05) is 29.3 Å². The van der Waals surface area contributed by atoms with Crippen LogP contribution < -0.4 is 0 Å². The maximum atomic E-state index is 13.5. The van der Waals surface area contributed by atoms with E-state index in [4.69, 9.17) is 0 Å². The molecule has 2 nitrogen and oxygen atoms in total. The average molecular weight is 388 g/mol. The Hall–Kier alpha value is -0.820. The fourth-order valence-electron chi connectivity index (χ4n) is 2.75. The minimum Gasteiger partial charge on any atom is -0.293 e. The first-order valence-electron chi connectivity index (χ1n) is 6.67. The second kappa shape index (κ2) is 5.52. The molecule has 1 saturated heterocycles. The van der Waals surface area contributed by atoms with E-state index in [9.17, 15) is 8.78 Å². The first kappa shape index (κ1) is 14.1. The Kier molecular flexibility index (Phi) is 3.90. The molecule has 1 aromatic carbocycles. The van der Waals surface area contributed by atoms with E-state index < -0.39 is 5.92 Å². The molecule has 0 radical (unpaired) electrons. The van der Waals surface area contributed by atoms with Crippen molar-refractivity contribution in [2.24, 2.45) is 0 Å². The number of fused-ring (bicyclic) bond motifs is 1. The van der Waals surface area contributed by atoms with Gasteiger partial charge in [-0.15, -0.1) is 0 Å². The number of halogens is 3. The van der Waals surface area contributed by atoms with Gasteiger partial charge in [0.2, 0.25) is 0 Å². The molecule has 20 heavy (non-hydrogen) atoms. The van der Waals surface area contributed by atoms with Gasteiger partial charge in [-0.05, 0) is 47.2 Å². The monoisotopic (exact) mass is 388 g/mol. The molecule has 0 unspecified atom stereocenters. The lowest BCUT2D eigenvalue weighted by molar-refractivity contribution is -0.0660. The van der Waals surface area contributed by atoms with E-state index in [-0.39, 0.29) is 13.0 Å². The number of para-hydroxylation sites is 1. The van der Waals surface area contributed by atoms with E-state index in [0.717, 1.165) is 26.6 Å². The van der Waals surface area contributed by atoms with Crippen LogP contribution in [0.3, 0.4) is 0 Å². The Morgan fingerprint density at radius 1 is 1.35 bits per heavy atom. The SMILES string of the molecule is FC1(F)CCCN(Cc2cccc3cc(I)cnc23)C1. The normalized spacial score (nSPS) is 19.4. The highest BCUT2D eigenvalue weighted by Crippen LogP contribution is 2.28. The summed E-state index contributed by atoms with van der Waals surface area (Å²) in [4.78, 5) is 6.29. The first-order valence-corrected chi connectivity index (χ1v) is 7.75. The minimum atomic E-state index is -2.55. The molecule has 0 saturated carbocycles. The molecule has 0 amide bonds. The van der Waals surface area contributed by atoms with Crippen LogP contribution in [-0.4, -0.2) is 28.9 Å². The Morgan fingerprint density at radius 2 is 2.20 bits per heavy atom. The van der Waals surface area contributed by atoms with Gasteiger partial charge in [0.15, 0.2) is 0 Å². The lowest BCUT2D eigenvalue weighted by atomic mass is 10.0. The third-order valence-electron chi connectivity index (χ3n) is 3.63. The van der Waals surface area contributed by atoms with E-state index in [2.05, 4.69) is 33.6 Å². The zero-order valence-electron chi connectivity index (χ0n) is 11.0. The molecule has 2 aromatic rings. The van der Waals surface area contributed by atoms with Crippen molar-refractivity contribution in [3.63, 3.8) is 0 Å². The standard InChI is InChI=1S/C15H15F2IN2/c16-15(17)5-2-6-20(10-15)9-12-4-1-3-11-7-13(18)8-19-14(11)12/h1,3-4,7-8H,2,5-6,9-10H2. The van der Waals surface area contributed by atoms with E-state index in [1.165, 1.54) is 0 Å². The van der Waals surface area contributed by atoms with Gasteiger partial charge in [-0.2, -0.15) is 0 Å². The summed E-state index contributed by atoms with van der Waals surface area (Å²) in [6.45, 7) is 1.13. The fraction of sp³-hybridized carbons (Fsp3) is 0.400. The molecular weight excluding hydrogens is 373 g/mol. The highest BCUT2D eigenvalue weighted by atomic mass is 127. The second-order valence-electron chi connectivity index (χ2n) is 5.31. The fourth-order valence-corrected chi connectivity index (χ4v) is 3.22. The summed E-state index contributed by atoms with van der Waals surface area (Å²) >= 11 is 2.23. The van der Waals surface area contributed by atoms with Crippen LogP contribution in [0.5, 0.6) is 0 Å². The largest absolute Gasteiger partial charge is 0.293 e. The van der Waals surface area contributed by atoms with Gasteiger partial charge in [-0.3, -0.25) is 9.88 Å². The molecule has 0 N–H and O–H groups in total. The summed E-state index contributed by atoms with van der Waals surface area (Å²) in [6.07, 6.45) is 2.38. The summed E-state index contributed by atoms with van der Waals surface area (Å²) in [5.74, 6) is -2.55. The molecule has 1 aliphatic heterocycles. The number of hydrogen-bond donors (Lipinski definition) is 0. The Balaban J connectivity index is 1.87. The molecule has 2 heterocycles. The number of aromatic nitrogens is 1. The number of benzene rings is 1. The van der Waals surface area contributed by atoms with Crippen LogP contribution >= 0.6 is 22.6 Å². The number of nitrogens with zero attached hydrogens (tertiary/aromatic N) is 2. The topological polar surface area (TPSA) is 16.1 Å². The number of rotatable bonds is 2. The maximum Gasteiger partial charge on any atom is 0.260 e. The molecule has 1 fully saturated rings. The molecule has 5 heteroatoms. The van der Waals surface area contributed by atoms with Crippen LogP contribution in [0.25, 0.3) is 10.9 Å². The van der Waals surface area contributed by atoms with Crippen molar-refractivity contribution in [1.82, 2.24) is 9.88 Å². The van der Waals surface area contributed by atoms with Crippen LogP contribution in [0.2, 0.25) is 0 Å². The Labute approximate surface area is 130 Å². The number of likely N-dealkylation sites (tertiary alicyclic amines) is 1. The molecular formula is C15H15F2IN2. The van der Waals surface area contributed by atoms with Crippen LogP contribution in [-0.2, 0) is 6.54 Å². The van der Waals surface area contributed by atoms with E-state index in [1.54, 1.807) is 0 Å². The number of pyridine rings is 1. The Bertz CT molecular complexity index is 630. The molecule has 0 aliphatic carbocycles. The van der Waals surface area contributed by atoms with Crippen molar-refractivity contribution in [3.05, 3.63) is 39.6 Å². The van der Waals surface area contributed by atoms with Crippen LogP contribution in [0.1, 0.15) is 18.4 Å². The van der Waals surface area contributed by atoms with E-state index in [0.29, 0.717) is 13.0 Å². The van der Waals surface area contributed by atoms with Gasteiger partial charge in [-0.25, -0.2) is 8.78 Å². The summed E-state index contributed by atoms with van der Waals surface area (Å²) in [5, 5.41) is 1.07. The zero-order valence-corrected chi connectivity index (χ0v) is 13.1. The maximum absolute atomic E-state index is 13.5. The molecule has 1 aromatic heterocycles. The Morgan fingerprint density at radius 3 is 3.00 bits per heavy atom. The summed E-state index contributed by atoms with van der Waals surface area (Å²) in [5.41, 5.74) is 1.94. The molecule has 106 valence electrons. The van der Waals surface area contributed by atoms with Crippen LogP contribution in [0.4, 0.5) is 8.78 Å². The van der Waals surface area contributed by atoms with Crippen molar-refractivity contribution < 1.29 is 8.78 Å². The molecule has 3 rings (SSSR count). The summed E-state index contributed by atoms with van der Waals surface area (Å²) < 4.78 is 28.0.